The van der Waals surface area contributed by atoms with Gasteiger partial charge in [0.25, 0.3) is 0 Å². The molecule has 1 N–H and O–H groups in total. The highest BCUT2D eigenvalue weighted by atomic mass is 35.5. The van der Waals surface area contributed by atoms with Crippen molar-refractivity contribution in [3.05, 3.63) is 76.6 Å². The Morgan fingerprint density at radius 3 is 2.66 bits per heavy atom. The van der Waals surface area contributed by atoms with Crippen molar-refractivity contribution in [1.29, 1.82) is 0 Å². The molecule has 7 heteroatoms. The van der Waals surface area contributed by atoms with Crippen molar-refractivity contribution in [2.75, 3.05) is 13.2 Å². The Kier molecular flexibility index (Phi) is 7.02. The number of hydrogen-bond acceptors (Lipinski definition) is 5. The quantitative estimate of drug-likeness (QED) is 0.580. The number of amides is 1. The number of aromatic nitrogens is 2. The molecule has 32 heavy (non-hydrogen) atoms. The molecule has 0 radical (unpaired) electrons. The number of fused-ring (bicyclic) bond motifs is 1. The summed E-state index contributed by atoms with van der Waals surface area (Å²) in [6.07, 6.45) is 2.88. The highest BCUT2D eigenvalue weighted by Crippen LogP contribution is 2.24. The van der Waals surface area contributed by atoms with Gasteiger partial charge in [-0.15, -0.1) is 0 Å². The maximum Gasteiger partial charge on any atom is 0.223 e. The molecular formula is C25H26ClN3O3. The van der Waals surface area contributed by atoms with E-state index in [1.54, 1.807) is 0 Å². The maximum atomic E-state index is 12.4. The monoisotopic (exact) mass is 451 g/mol. The second-order valence-electron chi connectivity index (χ2n) is 8.16. The summed E-state index contributed by atoms with van der Waals surface area (Å²) in [5.41, 5.74) is 3.93. The molecule has 6 nitrogen and oxygen atoms in total. The van der Waals surface area contributed by atoms with Gasteiger partial charge in [-0.05, 0) is 47.9 Å². The van der Waals surface area contributed by atoms with E-state index in [1.165, 1.54) is 0 Å². The minimum absolute atomic E-state index is 0.0214. The van der Waals surface area contributed by atoms with Crippen molar-refractivity contribution in [1.82, 2.24) is 14.9 Å². The zero-order valence-corrected chi connectivity index (χ0v) is 18.8. The number of hydrogen-bond donors (Lipinski definition) is 1. The van der Waals surface area contributed by atoms with Crippen molar-refractivity contribution in [2.45, 2.75) is 32.9 Å². The summed E-state index contributed by atoms with van der Waals surface area (Å²) in [6.45, 7) is 3.52. The molecule has 1 atom stereocenters. The van der Waals surface area contributed by atoms with Crippen LogP contribution in [0.3, 0.4) is 0 Å². The Morgan fingerprint density at radius 2 is 1.94 bits per heavy atom. The van der Waals surface area contributed by atoms with Crippen LogP contribution in [0.25, 0.3) is 11.4 Å². The number of ether oxygens (including phenoxy) is 1. The molecule has 0 spiro atoms. The Balaban J connectivity index is 1.38. The van der Waals surface area contributed by atoms with Crippen LogP contribution in [0.5, 0.6) is 5.75 Å². The average molecular weight is 452 g/mol. The number of benzene rings is 2. The number of carbonyl (C=O) groups is 1. The molecular weight excluding hydrogens is 426 g/mol. The van der Waals surface area contributed by atoms with Crippen LogP contribution in [0.2, 0.25) is 5.02 Å². The van der Waals surface area contributed by atoms with E-state index in [4.69, 9.17) is 21.3 Å². The molecule has 166 valence electrons. The summed E-state index contributed by atoms with van der Waals surface area (Å²) in [7, 11) is 0. The third kappa shape index (κ3) is 5.44. The third-order valence-electron chi connectivity index (χ3n) is 5.55. The molecule has 1 aliphatic rings. The van der Waals surface area contributed by atoms with Crippen LogP contribution in [0.15, 0.2) is 54.7 Å². The fourth-order valence-corrected chi connectivity index (χ4v) is 3.73. The first kappa shape index (κ1) is 22.2. The first-order chi connectivity index (χ1) is 15.5. The second-order valence-corrected chi connectivity index (χ2v) is 8.60. The molecule has 1 aliphatic heterocycles. The first-order valence-electron chi connectivity index (χ1n) is 10.7. The van der Waals surface area contributed by atoms with Gasteiger partial charge in [-0.1, -0.05) is 30.7 Å². The van der Waals surface area contributed by atoms with E-state index in [9.17, 15) is 9.90 Å². The molecule has 4 rings (SSSR count). The van der Waals surface area contributed by atoms with Gasteiger partial charge in [-0.2, -0.15) is 0 Å². The predicted octanol–water partition coefficient (Wildman–Crippen LogP) is 4.28. The van der Waals surface area contributed by atoms with Gasteiger partial charge in [-0.3, -0.25) is 4.79 Å². The van der Waals surface area contributed by atoms with E-state index < -0.39 is 0 Å². The van der Waals surface area contributed by atoms with Crippen molar-refractivity contribution in [2.24, 2.45) is 5.92 Å². The van der Waals surface area contributed by atoms with Gasteiger partial charge in [0.05, 0.1) is 5.69 Å². The zero-order chi connectivity index (χ0) is 22.5. The zero-order valence-electron chi connectivity index (χ0n) is 18.0. The van der Waals surface area contributed by atoms with Crippen LogP contribution < -0.4 is 4.74 Å². The largest absolute Gasteiger partial charge is 0.489 e. The topological polar surface area (TPSA) is 75.5 Å². The molecule has 0 fully saturated rings. The molecule has 0 bridgehead atoms. The number of aliphatic hydroxyl groups excluding tert-OH is 1. The molecule has 2 heterocycles. The summed E-state index contributed by atoms with van der Waals surface area (Å²) in [6, 6.07) is 15.3. The smallest absolute Gasteiger partial charge is 0.223 e. The third-order valence-corrected chi connectivity index (χ3v) is 5.80. The van der Waals surface area contributed by atoms with Gasteiger partial charge in [-0.25, -0.2) is 9.97 Å². The first-order valence-corrected chi connectivity index (χ1v) is 11.1. The maximum absolute atomic E-state index is 12.4. The van der Waals surface area contributed by atoms with Gasteiger partial charge in [0.15, 0.2) is 5.82 Å². The Bertz CT molecular complexity index is 1070. The summed E-state index contributed by atoms with van der Waals surface area (Å²) in [5, 5.41) is 9.89. The van der Waals surface area contributed by atoms with Crippen molar-refractivity contribution in [3.8, 4) is 17.1 Å². The van der Waals surface area contributed by atoms with Gasteiger partial charge in [0.1, 0.15) is 12.4 Å². The SMILES string of the molecule is C[C@@H](CO)CC(=O)N1CCc2nc(-c3ccc(OCc4ccc(Cl)cc4)cc3)ncc2C1. The van der Waals surface area contributed by atoms with E-state index in [0.29, 0.717) is 43.4 Å². The summed E-state index contributed by atoms with van der Waals surface area (Å²) < 4.78 is 5.85. The van der Waals surface area contributed by atoms with Gasteiger partial charge in [0.2, 0.25) is 5.91 Å². The molecule has 0 saturated heterocycles. The Morgan fingerprint density at radius 1 is 1.19 bits per heavy atom. The molecule has 0 aliphatic carbocycles. The highest BCUT2D eigenvalue weighted by molar-refractivity contribution is 6.30. The van der Waals surface area contributed by atoms with E-state index in [-0.39, 0.29) is 18.4 Å². The number of aliphatic hydroxyl groups is 1. The van der Waals surface area contributed by atoms with Crippen molar-refractivity contribution in [3.63, 3.8) is 0 Å². The molecule has 2 aromatic carbocycles. The van der Waals surface area contributed by atoms with Crippen molar-refractivity contribution < 1.29 is 14.6 Å². The molecule has 3 aromatic rings. The van der Waals surface area contributed by atoms with Gasteiger partial charge >= 0.3 is 0 Å². The lowest BCUT2D eigenvalue weighted by atomic mass is 10.0. The second kappa shape index (κ2) is 10.1. The lowest BCUT2D eigenvalue weighted by Gasteiger charge is -2.29. The van der Waals surface area contributed by atoms with Crippen LogP contribution in [0, 0.1) is 5.92 Å². The van der Waals surface area contributed by atoms with Crippen LogP contribution in [-0.2, 0) is 24.4 Å². The molecule has 1 amide bonds. The number of halogens is 1. The summed E-state index contributed by atoms with van der Waals surface area (Å²) in [5.74, 6) is 1.48. The molecule has 1 aromatic heterocycles. The van der Waals surface area contributed by atoms with Crippen LogP contribution >= 0.6 is 11.6 Å². The van der Waals surface area contributed by atoms with Crippen LogP contribution in [0.1, 0.15) is 30.2 Å². The standard InChI is InChI=1S/C25H26ClN3O3/c1-17(15-30)12-24(31)29-11-10-23-20(14-29)13-27-25(28-23)19-4-8-22(9-5-19)32-16-18-2-6-21(26)7-3-18/h2-9,13,17,30H,10-12,14-16H2,1H3/t17-/m1/s1. The number of rotatable bonds is 7. The Hall–Kier alpha value is -2.96. The summed E-state index contributed by atoms with van der Waals surface area (Å²) >= 11 is 5.91. The van der Waals surface area contributed by atoms with E-state index >= 15 is 0 Å². The van der Waals surface area contributed by atoms with Gasteiger partial charge < -0.3 is 14.7 Å². The fourth-order valence-electron chi connectivity index (χ4n) is 3.61. The van der Waals surface area contributed by atoms with Crippen molar-refractivity contribution >= 4 is 17.5 Å². The van der Waals surface area contributed by atoms with Crippen LogP contribution in [-0.4, -0.2) is 39.0 Å². The highest BCUT2D eigenvalue weighted by Gasteiger charge is 2.23. The minimum Gasteiger partial charge on any atom is -0.489 e. The predicted molar refractivity (Wildman–Crippen MR) is 123 cm³/mol. The van der Waals surface area contributed by atoms with E-state index in [1.807, 2.05) is 66.6 Å². The minimum atomic E-state index is -0.0272. The number of carbonyl (C=O) groups excluding carboxylic acids is 1. The Labute approximate surface area is 192 Å². The van der Waals surface area contributed by atoms with E-state index in [0.717, 1.165) is 28.1 Å². The normalized spacial score (nSPS) is 14.0. The number of nitrogens with zero attached hydrogens (tertiary/aromatic N) is 3. The van der Waals surface area contributed by atoms with E-state index in [2.05, 4.69) is 4.98 Å². The average Bonchev–Trinajstić information content (AvgIpc) is 2.83. The lowest BCUT2D eigenvalue weighted by Crippen LogP contribution is -2.37. The van der Waals surface area contributed by atoms with Gasteiger partial charge in [0, 0.05) is 54.9 Å². The summed E-state index contributed by atoms with van der Waals surface area (Å²) in [4.78, 5) is 23.5. The molecule has 0 saturated carbocycles. The lowest BCUT2D eigenvalue weighted by molar-refractivity contribution is -0.133. The van der Waals surface area contributed by atoms with Crippen LogP contribution in [0.4, 0.5) is 0 Å². The fraction of sp³-hybridized carbons (Fsp3) is 0.320. The molecule has 0 unspecified atom stereocenters.